The third-order valence-electron chi connectivity index (χ3n) is 2.88. The van der Waals surface area contributed by atoms with Crippen molar-refractivity contribution in [3.05, 3.63) is 75.8 Å². The van der Waals surface area contributed by atoms with Crippen molar-refractivity contribution >= 4 is 12.0 Å². The fourth-order valence-corrected chi connectivity index (χ4v) is 1.85. The Hall–Kier alpha value is -2.53. The van der Waals surface area contributed by atoms with Gasteiger partial charge in [0, 0.05) is 17.7 Å². The summed E-state index contributed by atoms with van der Waals surface area (Å²) in [5, 5.41) is 21.2. The first-order valence-corrected chi connectivity index (χ1v) is 5.57. The lowest BCUT2D eigenvalue weighted by Crippen LogP contribution is -2.29. The Morgan fingerprint density at radius 3 is 2.26 bits per heavy atom. The van der Waals surface area contributed by atoms with Crippen LogP contribution < -0.4 is 0 Å². The molecule has 2 aromatic carbocycles. The summed E-state index contributed by atoms with van der Waals surface area (Å²) in [6.45, 7) is 0. The number of carbonyl (C=O) groups is 1. The van der Waals surface area contributed by atoms with E-state index >= 15 is 0 Å². The highest BCUT2D eigenvalue weighted by molar-refractivity contribution is 5.72. The number of carbonyl (C=O) groups excluding carboxylic acids is 1. The number of rotatable bonds is 4. The zero-order valence-corrected chi connectivity index (χ0v) is 9.89. The standard InChI is InChI=1S/C14H11NO4/c16-10-14(17,11-5-2-1-3-6-11)12-7-4-8-13(9-12)15(18)19/h1-10,17H. The van der Waals surface area contributed by atoms with Gasteiger partial charge in [-0.3, -0.25) is 14.9 Å². The van der Waals surface area contributed by atoms with Crippen molar-refractivity contribution in [2.24, 2.45) is 0 Å². The molecule has 0 amide bonds. The average molecular weight is 257 g/mol. The number of hydrogen-bond donors (Lipinski definition) is 1. The third kappa shape index (κ3) is 2.36. The third-order valence-corrected chi connectivity index (χ3v) is 2.88. The summed E-state index contributed by atoms with van der Waals surface area (Å²) in [7, 11) is 0. The molecule has 0 radical (unpaired) electrons. The van der Waals surface area contributed by atoms with Gasteiger partial charge in [-0.2, -0.15) is 0 Å². The molecule has 1 N–H and O–H groups in total. The maximum Gasteiger partial charge on any atom is 0.269 e. The van der Waals surface area contributed by atoms with E-state index in [1.807, 2.05) is 0 Å². The Morgan fingerprint density at radius 2 is 1.68 bits per heavy atom. The zero-order valence-electron chi connectivity index (χ0n) is 9.89. The number of aldehydes is 1. The van der Waals surface area contributed by atoms with Gasteiger partial charge in [0.25, 0.3) is 5.69 Å². The molecule has 0 aromatic heterocycles. The zero-order chi connectivity index (χ0) is 13.9. The van der Waals surface area contributed by atoms with Crippen LogP contribution in [-0.2, 0) is 10.4 Å². The smallest absolute Gasteiger partial charge is 0.269 e. The number of non-ortho nitro benzene ring substituents is 1. The van der Waals surface area contributed by atoms with Crippen molar-refractivity contribution in [1.82, 2.24) is 0 Å². The van der Waals surface area contributed by atoms with Gasteiger partial charge in [-0.05, 0) is 5.56 Å². The number of nitro groups is 1. The van der Waals surface area contributed by atoms with Gasteiger partial charge in [-0.1, -0.05) is 42.5 Å². The molecule has 1 unspecified atom stereocenters. The molecular weight excluding hydrogens is 246 g/mol. The van der Waals surface area contributed by atoms with Crippen LogP contribution >= 0.6 is 0 Å². The van der Waals surface area contributed by atoms with Gasteiger partial charge in [0.1, 0.15) is 0 Å². The minimum atomic E-state index is -1.88. The van der Waals surface area contributed by atoms with E-state index in [1.54, 1.807) is 30.3 Å². The number of aliphatic hydroxyl groups is 1. The molecule has 0 heterocycles. The van der Waals surface area contributed by atoms with Crippen molar-refractivity contribution < 1.29 is 14.8 Å². The van der Waals surface area contributed by atoms with Crippen LogP contribution in [0.1, 0.15) is 11.1 Å². The van der Waals surface area contributed by atoms with Gasteiger partial charge in [0.2, 0.25) is 0 Å². The number of nitro benzene ring substituents is 1. The summed E-state index contributed by atoms with van der Waals surface area (Å²) < 4.78 is 0. The molecule has 96 valence electrons. The quantitative estimate of drug-likeness (QED) is 0.516. The van der Waals surface area contributed by atoms with Crippen molar-refractivity contribution in [2.45, 2.75) is 5.60 Å². The molecule has 19 heavy (non-hydrogen) atoms. The minimum Gasteiger partial charge on any atom is -0.373 e. The highest BCUT2D eigenvalue weighted by Crippen LogP contribution is 2.29. The predicted molar refractivity (Wildman–Crippen MR) is 68.6 cm³/mol. The lowest BCUT2D eigenvalue weighted by molar-refractivity contribution is -0.385. The lowest BCUT2D eigenvalue weighted by atomic mass is 9.87. The molecule has 5 nitrogen and oxygen atoms in total. The summed E-state index contributed by atoms with van der Waals surface area (Å²) in [5.74, 6) is 0. The maximum atomic E-state index is 11.3. The molecule has 0 aliphatic rings. The van der Waals surface area contributed by atoms with Crippen molar-refractivity contribution in [2.75, 3.05) is 0 Å². The second-order valence-electron chi connectivity index (χ2n) is 4.06. The van der Waals surface area contributed by atoms with Crippen LogP contribution in [0.25, 0.3) is 0 Å². The van der Waals surface area contributed by atoms with Crippen molar-refractivity contribution in [1.29, 1.82) is 0 Å². The molecule has 0 bridgehead atoms. The monoisotopic (exact) mass is 257 g/mol. The highest BCUT2D eigenvalue weighted by Gasteiger charge is 2.32. The minimum absolute atomic E-state index is 0.169. The Balaban J connectivity index is 2.56. The summed E-state index contributed by atoms with van der Waals surface area (Å²) in [6.07, 6.45) is 0.376. The Labute approximate surface area is 109 Å². The second kappa shape index (κ2) is 4.99. The predicted octanol–water partition coefficient (Wildman–Crippen LogP) is 2.03. The topological polar surface area (TPSA) is 80.4 Å². The van der Waals surface area contributed by atoms with Crippen LogP contribution in [0.3, 0.4) is 0 Å². The first-order valence-electron chi connectivity index (χ1n) is 5.57. The van der Waals surface area contributed by atoms with Gasteiger partial charge in [0.15, 0.2) is 11.9 Å². The number of benzene rings is 2. The van der Waals surface area contributed by atoms with Crippen LogP contribution in [-0.4, -0.2) is 16.3 Å². The fourth-order valence-electron chi connectivity index (χ4n) is 1.85. The van der Waals surface area contributed by atoms with E-state index < -0.39 is 10.5 Å². The SMILES string of the molecule is O=CC(O)(c1ccccc1)c1cccc([N+](=O)[O-])c1. The van der Waals surface area contributed by atoms with E-state index in [2.05, 4.69) is 0 Å². The largest absolute Gasteiger partial charge is 0.373 e. The Kier molecular flexibility index (Phi) is 3.39. The van der Waals surface area contributed by atoms with E-state index in [-0.39, 0.29) is 11.3 Å². The molecule has 0 fully saturated rings. The van der Waals surface area contributed by atoms with E-state index in [9.17, 15) is 20.0 Å². The normalized spacial score (nSPS) is 13.5. The van der Waals surface area contributed by atoms with Crippen LogP contribution in [0.4, 0.5) is 5.69 Å². The summed E-state index contributed by atoms with van der Waals surface area (Å²) in [4.78, 5) is 21.5. The average Bonchev–Trinajstić information content (AvgIpc) is 2.47. The molecule has 0 saturated heterocycles. The lowest BCUT2D eigenvalue weighted by Gasteiger charge is -2.22. The molecular formula is C14H11NO4. The van der Waals surface area contributed by atoms with E-state index in [0.29, 0.717) is 11.8 Å². The van der Waals surface area contributed by atoms with Crippen LogP contribution in [0.2, 0.25) is 0 Å². The number of nitrogens with zero attached hydrogens (tertiary/aromatic N) is 1. The van der Waals surface area contributed by atoms with Gasteiger partial charge < -0.3 is 5.11 Å². The molecule has 1 atom stereocenters. The molecule has 0 saturated carbocycles. The molecule has 0 aliphatic heterocycles. The Morgan fingerprint density at radius 1 is 1.05 bits per heavy atom. The van der Waals surface area contributed by atoms with E-state index in [0.717, 1.165) is 0 Å². The summed E-state index contributed by atoms with van der Waals surface area (Å²) >= 11 is 0. The van der Waals surface area contributed by atoms with Crippen LogP contribution in [0, 0.1) is 10.1 Å². The molecule has 0 spiro atoms. The molecule has 5 heteroatoms. The highest BCUT2D eigenvalue weighted by atomic mass is 16.6. The first-order chi connectivity index (χ1) is 9.08. The van der Waals surface area contributed by atoms with Gasteiger partial charge in [-0.25, -0.2) is 0 Å². The molecule has 2 rings (SSSR count). The van der Waals surface area contributed by atoms with Crippen LogP contribution in [0.5, 0.6) is 0 Å². The van der Waals surface area contributed by atoms with Gasteiger partial charge in [0.05, 0.1) is 4.92 Å². The van der Waals surface area contributed by atoms with Gasteiger partial charge >= 0.3 is 0 Å². The van der Waals surface area contributed by atoms with Crippen LogP contribution in [0.15, 0.2) is 54.6 Å². The van der Waals surface area contributed by atoms with E-state index in [1.165, 1.54) is 24.3 Å². The fraction of sp³-hybridized carbons (Fsp3) is 0.0714. The molecule has 2 aromatic rings. The van der Waals surface area contributed by atoms with Crippen molar-refractivity contribution in [3.63, 3.8) is 0 Å². The second-order valence-corrected chi connectivity index (χ2v) is 4.06. The van der Waals surface area contributed by atoms with Crippen molar-refractivity contribution in [3.8, 4) is 0 Å². The summed E-state index contributed by atoms with van der Waals surface area (Å²) in [6, 6.07) is 13.7. The summed E-state index contributed by atoms with van der Waals surface area (Å²) in [5.41, 5.74) is -1.52. The van der Waals surface area contributed by atoms with E-state index in [4.69, 9.17) is 0 Å². The first kappa shape index (κ1) is 12.9. The van der Waals surface area contributed by atoms with Gasteiger partial charge in [-0.15, -0.1) is 0 Å². The maximum absolute atomic E-state index is 11.3. The Bertz CT molecular complexity index is 612. The molecule has 0 aliphatic carbocycles. The number of hydrogen-bond acceptors (Lipinski definition) is 4.